The Hall–Kier alpha value is -3.80. The third kappa shape index (κ3) is 6.21. The minimum Gasteiger partial charge on any atom is -0.448 e. The Labute approximate surface area is 206 Å². The van der Waals surface area contributed by atoms with Crippen LogP contribution in [0.5, 0.6) is 0 Å². The van der Waals surface area contributed by atoms with Gasteiger partial charge in [-0.25, -0.2) is 9.59 Å². The summed E-state index contributed by atoms with van der Waals surface area (Å²) in [5.41, 5.74) is 5.91. The maximum atomic E-state index is 12.5. The number of hydrogen-bond donors (Lipinski definition) is 2. The van der Waals surface area contributed by atoms with Crippen molar-refractivity contribution < 1.29 is 19.1 Å². The molecule has 2 amide bonds. The quantitative estimate of drug-likeness (QED) is 0.429. The van der Waals surface area contributed by atoms with E-state index in [1.54, 1.807) is 0 Å². The molecule has 3 aromatic carbocycles. The van der Waals surface area contributed by atoms with E-state index in [4.69, 9.17) is 9.47 Å². The second-order valence-electron chi connectivity index (χ2n) is 9.90. The van der Waals surface area contributed by atoms with Gasteiger partial charge in [-0.2, -0.15) is 0 Å². The van der Waals surface area contributed by atoms with Crippen LogP contribution in [0.25, 0.3) is 11.1 Å². The molecule has 0 aliphatic heterocycles. The van der Waals surface area contributed by atoms with E-state index in [1.807, 2.05) is 76.2 Å². The lowest BCUT2D eigenvalue weighted by atomic mass is 9.98. The molecule has 4 rings (SSSR count). The first-order chi connectivity index (χ1) is 16.7. The Morgan fingerprint density at radius 1 is 0.857 bits per heavy atom. The molecule has 35 heavy (non-hydrogen) atoms. The van der Waals surface area contributed by atoms with Gasteiger partial charge < -0.3 is 14.8 Å². The number of fused-ring (bicyclic) bond motifs is 3. The van der Waals surface area contributed by atoms with Crippen LogP contribution >= 0.6 is 0 Å². The van der Waals surface area contributed by atoms with Crippen molar-refractivity contribution in [2.45, 2.75) is 51.7 Å². The second kappa shape index (κ2) is 10.2. The number of amides is 2. The molecule has 0 fully saturated rings. The smallest absolute Gasteiger partial charge is 0.411 e. The molecule has 0 bridgehead atoms. The van der Waals surface area contributed by atoms with Crippen LogP contribution in [0.1, 0.15) is 50.3 Å². The van der Waals surface area contributed by atoms with E-state index in [0.717, 1.165) is 5.56 Å². The Balaban J connectivity index is 1.29. The molecular weight excluding hydrogens is 440 g/mol. The molecule has 2 N–H and O–H groups in total. The summed E-state index contributed by atoms with van der Waals surface area (Å²) in [6, 6.07) is 23.9. The zero-order valence-electron chi connectivity index (χ0n) is 20.6. The van der Waals surface area contributed by atoms with Gasteiger partial charge in [0.15, 0.2) is 0 Å². The van der Waals surface area contributed by atoms with Crippen LogP contribution in [-0.2, 0) is 15.9 Å². The largest absolute Gasteiger partial charge is 0.448 e. The molecule has 1 aliphatic carbocycles. The summed E-state index contributed by atoms with van der Waals surface area (Å²) < 4.78 is 10.9. The average molecular weight is 473 g/mol. The van der Waals surface area contributed by atoms with E-state index in [0.29, 0.717) is 12.1 Å². The lowest BCUT2D eigenvalue weighted by Crippen LogP contribution is -2.38. The normalized spacial score (nSPS) is 13.4. The average Bonchev–Trinajstić information content (AvgIpc) is 3.11. The first-order valence-electron chi connectivity index (χ1n) is 11.9. The highest BCUT2D eigenvalue weighted by Gasteiger charge is 2.29. The Kier molecular flexibility index (Phi) is 7.10. The van der Waals surface area contributed by atoms with E-state index in [9.17, 15) is 9.59 Å². The van der Waals surface area contributed by atoms with Crippen molar-refractivity contribution in [2.24, 2.45) is 0 Å². The summed E-state index contributed by atoms with van der Waals surface area (Å²) >= 11 is 0. The molecule has 1 aliphatic rings. The summed E-state index contributed by atoms with van der Waals surface area (Å²) in [5.74, 6) is 0.0227. The van der Waals surface area contributed by atoms with Gasteiger partial charge in [0.1, 0.15) is 12.2 Å². The van der Waals surface area contributed by atoms with Gasteiger partial charge in [0.05, 0.1) is 0 Å². The number of carbonyl (C=O) groups excluding carboxylic acids is 2. The van der Waals surface area contributed by atoms with Gasteiger partial charge >= 0.3 is 12.2 Å². The Morgan fingerprint density at radius 3 is 2.00 bits per heavy atom. The summed E-state index contributed by atoms with van der Waals surface area (Å²) in [6.07, 6.45) is -0.275. The molecule has 6 heteroatoms. The Bertz CT molecular complexity index is 1150. The van der Waals surface area contributed by atoms with Crippen molar-refractivity contribution in [3.8, 4) is 11.1 Å². The predicted molar refractivity (Wildman–Crippen MR) is 138 cm³/mol. The monoisotopic (exact) mass is 472 g/mol. The van der Waals surface area contributed by atoms with Gasteiger partial charge in [0.2, 0.25) is 0 Å². The molecule has 1 atom stereocenters. The molecule has 6 nitrogen and oxygen atoms in total. The number of ether oxygens (including phenoxy) is 2. The predicted octanol–water partition coefficient (Wildman–Crippen LogP) is 6.50. The Morgan fingerprint density at radius 2 is 1.43 bits per heavy atom. The lowest BCUT2D eigenvalue weighted by Gasteiger charge is -2.22. The molecule has 182 valence electrons. The SMILES string of the molecule is CC(Cc1ccc(NC(=O)OCC2c3ccccc3-c3ccccc32)cc1)NC(=O)OC(C)(C)C. The van der Waals surface area contributed by atoms with Crippen molar-refractivity contribution in [3.63, 3.8) is 0 Å². The van der Waals surface area contributed by atoms with E-state index in [2.05, 4.69) is 34.9 Å². The van der Waals surface area contributed by atoms with Crippen LogP contribution in [0.15, 0.2) is 72.8 Å². The minimum atomic E-state index is -0.531. The number of alkyl carbamates (subject to hydrolysis) is 1. The van der Waals surface area contributed by atoms with E-state index in [1.165, 1.54) is 22.3 Å². The fourth-order valence-electron chi connectivity index (χ4n) is 4.39. The van der Waals surface area contributed by atoms with Crippen LogP contribution in [0.3, 0.4) is 0 Å². The van der Waals surface area contributed by atoms with E-state index in [-0.39, 0.29) is 18.6 Å². The van der Waals surface area contributed by atoms with Crippen LogP contribution < -0.4 is 10.6 Å². The van der Waals surface area contributed by atoms with Crippen molar-refractivity contribution in [1.82, 2.24) is 5.32 Å². The van der Waals surface area contributed by atoms with Gasteiger partial charge in [-0.05, 0) is 74.1 Å². The molecular formula is C29H32N2O4. The summed E-state index contributed by atoms with van der Waals surface area (Å²) in [6.45, 7) is 7.69. The summed E-state index contributed by atoms with van der Waals surface area (Å²) in [4.78, 5) is 24.4. The minimum absolute atomic E-state index is 0.0227. The molecule has 0 saturated heterocycles. The molecule has 3 aromatic rings. The number of anilines is 1. The van der Waals surface area contributed by atoms with Crippen LogP contribution in [0, 0.1) is 0 Å². The van der Waals surface area contributed by atoms with E-state index < -0.39 is 17.8 Å². The standard InChI is InChI=1S/C29H32N2O4/c1-19(30-28(33)35-29(2,3)4)17-20-13-15-21(16-14-20)31-27(32)34-18-26-24-11-7-5-9-22(24)23-10-6-8-12-25(23)26/h5-16,19,26H,17-18H2,1-4H3,(H,30,33)(H,31,32). The zero-order chi connectivity index (χ0) is 25.0. The highest BCUT2D eigenvalue weighted by atomic mass is 16.6. The lowest BCUT2D eigenvalue weighted by molar-refractivity contribution is 0.0508. The third-order valence-corrected chi connectivity index (χ3v) is 5.85. The van der Waals surface area contributed by atoms with Crippen molar-refractivity contribution in [2.75, 3.05) is 11.9 Å². The molecule has 0 heterocycles. The molecule has 0 aromatic heterocycles. The summed E-state index contributed by atoms with van der Waals surface area (Å²) in [7, 11) is 0. The van der Waals surface area contributed by atoms with Gasteiger partial charge in [-0.15, -0.1) is 0 Å². The van der Waals surface area contributed by atoms with Gasteiger partial charge in [-0.1, -0.05) is 60.7 Å². The van der Waals surface area contributed by atoms with E-state index >= 15 is 0 Å². The molecule has 0 spiro atoms. The second-order valence-corrected chi connectivity index (χ2v) is 9.90. The maximum absolute atomic E-state index is 12.5. The van der Waals surface area contributed by atoms with Crippen molar-refractivity contribution in [3.05, 3.63) is 89.5 Å². The number of nitrogens with one attached hydrogen (secondary N) is 2. The van der Waals surface area contributed by atoms with Crippen LogP contribution in [0.4, 0.5) is 15.3 Å². The number of carbonyl (C=O) groups is 2. The topological polar surface area (TPSA) is 76.7 Å². The van der Waals surface area contributed by atoms with Crippen molar-refractivity contribution >= 4 is 17.9 Å². The number of rotatable bonds is 6. The van der Waals surface area contributed by atoms with Gasteiger partial charge in [0.25, 0.3) is 0 Å². The molecule has 1 unspecified atom stereocenters. The molecule has 0 radical (unpaired) electrons. The first-order valence-corrected chi connectivity index (χ1v) is 11.9. The van der Waals surface area contributed by atoms with Crippen molar-refractivity contribution in [1.29, 1.82) is 0 Å². The zero-order valence-corrected chi connectivity index (χ0v) is 20.6. The fourth-order valence-corrected chi connectivity index (χ4v) is 4.39. The van der Waals surface area contributed by atoms with Crippen LogP contribution in [0.2, 0.25) is 0 Å². The number of benzene rings is 3. The maximum Gasteiger partial charge on any atom is 0.411 e. The van der Waals surface area contributed by atoms with Crippen LogP contribution in [-0.4, -0.2) is 30.4 Å². The van der Waals surface area contributed by atoms with Gasteiger partial charge in [-0.3, -0.25) is 5.32 Å². The third-order valence-electron chi connectivity index (χ3n) is 5.85. The fraction of sp³-hybridized carbons (Fsp3) is 0.310. The number of hydrogen-bond acceptors (Lipinski definition) is 4. The highest BCUT2D eigenvalue weighted by Crippen LogP contribution is 2.44. The summed E-state index contributed by atoms with van der Waals surface area (Å²) in [5, 5.41) is 5.64. The van der Waals surface area contributed by atoms with Gasteiger partial charge in [0, 0.05) is 17.6 Å². The first kappa shape index (κ1) is 24.3. The highest BCUT2D eigenvalue weighted by molar-refractivity contribution is 5.85. The molecule has 0 saturated carbocycles.